The molecule has 1 aliphatic heterocycles. The van der Waals surface area contributed by atoms with E-state index in [9.17, 15) is 4.79 Å². The van der Waals surface area contributed by atoms with Crippen LogP contribution in [-0.4, -0.2) is 41.1 Å². The van der Waals surface area contributed by atoms with E-state index in [1.165, 1.54) is 6.92 Å². The Kier molecular flexibility index (Phi) is 4.02. The first-order valence-corrected chi connectivity index (χ1v) is 5.37. The highest BCUT2D eigenvalue weighted by Crippen LogP contribution is 2.18. The van der Waals surface area contributed by atoms with E-state index >= 15 is 0 Å². The number of aliphatic hydroxyl groups excluding tert-OH is 1. The molecule has 0 spiro atoms. The van der Waals surface area contributed by atoms with E-state index in [4.69, 9.17) is 14.6 Å². The van der Waals surface area contributed by atoms with Crippen LogP contribution in [-0.2, 0) is 14.3 Å². The minimum atomic E-state index is -1.08. The predicted molar refractivity (Wildman–Crippen MR) is 49.4 cm³/mol. The molecule has 0 saturated carbocycles. The Labute approximate surface area is 81.6 Å². The number of aliphatic hydroxyl groups is 1. The minimum absolute atomic E-state index is 0.102. The molecule has 1 rings (SSSR count). The van der Waals surface area contributed by atoms with Crippen LogP contribution in [0.15, 0.2) is 0 Å². The Hall–Kier alpha value is -0.260. The quantitative estimate of drug-likeness (QED) is 0.662. The monoisotopic (exact) mass is 206 g/mol. The summed E-state index contributed by atoms with van der Waals surface area (Å²) < 4.78 is 10.2. The van der Waals surface area contributed by atoms with Crippen molar-refractivity contribution in [2.75, 3.05) is 11.5 Å². The second-order valence-electron chi connectivity index (χ2n) is 3.03. The third kappa shape index (κ3) is 3.54. The molecule has 0 aromatic heterocycles. The summed E-state index contributed by atoms with van der Waals surface area (Å²) in [4.78, 5) is 11.0. The van der Waals surface area contributed by atoms with Crippen molar-refractivity contribution in [3.8, 4) is 0 Å². The molecule has 0 amide bonds. The average Bonchev–Trinajstić information content (AvgIpc) is 2.04. The van der Waals surface area contributed by atoms with Crippen LogP contribution in [0.3, 0.4) is 0 Å². The molecule has 76 valence electrons. The van der Waals surface area contributed by atoms with E-state index in [1.54, 1.807) is 11.8 Å². The smallest absolute Gasteiger partial charge is 0.336 e. The molecule has 3 atom stereocenters. The maximum atomic E-state index is 11.0. The van der Waals surface area contributed by atoms with Crippen LogP contribution in [0, 0.1) is 0 Å². The number of hydrogen-bond acceptors (Lipinski definition) is 5. The number of carbonyl (C=O) groups excluding carboxylic acids is 1. The first-order valence-electron chi connectivity index (χ1n) is 4.21. The molecule has 1 N–H and O–H groups in total. The lowest BCUT2D eigenvalue weighted by atomic mass is 10.4. The van der Waals surface area contributed by atoms with Gasteiger partial charge in [0.15, 0.2) is 0 Å². The average molecular weight is 206 g/mol. The third-order valence-corrected chi connectivity index (χ3v) is 2.79. The van der Waals surface area contributed by atoms with Crippen molar-refractivity contribution in [1.82, 2.24) is 0 Å². The lowest BCUT2D eigenvalue weighted by molar-refractivity contribution is -0.189. The predicted octanol–water partition coefficient (Wildman–Crippen LogP) is 0.388. The van der Waals surface area contributed by atoms with Crippen molar-refractivity contribution >= 4 is 17.7 Å². The molecule has 13 heavy (non-hydrogen) atoms. The van der Waals surface area contributed by atoms with E-state index < -0.39 is 18.4 Å². The third-order valence-electron chi connectivity index (χ3n) is 1.58. The standard InChI is InChI=1S/C8H14O4S/c1-5-3-13-4-7(11-5)12-8(10)6(2)9/h5-7,9H,3-4H2,1-2H3. The summed E-state index contributed by atoms with van der Waals surface area (Å²) in [6.45, 7) is 3.30. The summed E-state index contributed by atoms with van der Waals surface area (Å²) in [7, 11) is 0. The molecule has 0 bridgehead atoms. The van der Waals surface area contributed by atoms with Crippen molar-refractivity contribution in [1.29, 1.82) is 0 Å². The summed E-state index contributed by atoms with van der Waals surface area (Å²) in [6.07, 6.45) is -1.48. The van der Waals surface area contributed by atoms with Crippen molar-refractivity contribution in [2.45, 2.75) is 32.3 Å². The molecule has 0 aliphatic carbocycles. The van der Waals surface area contributed by atoms with E-state index in [0.717, 1.165) is 5.75 Å². The van der Waals surface area contributed by atoms with Crippen LogP contribution in [0.2, 0.25) is 0 Å². The van der Waals surface area contributed by atoms with Gasteiger partial charge in [0, 0.05) is 5.75 Å². The minimum Gasteiger partial charge on any atom is -0.433 e. The van der Waals surface area contributed by atoms with Gasteiger partial charge in [-0.25, -0.2) is 4.79 Å². The van der Waals surface area contributed by atoms with E-state index in [0.29, 0.717) is 5.75 Å². The number of ether oxygens (including phenoxy) is 2. The largest absolute Gasteiger partial charge is 0.433 e. The second kappa shape index (κ2) is 4.83. The van der Waals surface area contributed by atoms with Crippen LogP contribution >= 0.6 is 11.8 Å². The topological polar surface area (TPSA) is 55.8 Å². The zero-order valence-corrected chi connectivity index (χ0v) is 8.54. The zero-order chi connectivity index (χ0) is 9.84. The molecule has 1 heterocycles. The van der Waals surface area contributed by atoms with Crippen molar-refractivity contribution in [3.63, 3.8) is 0 Å². The number of thioether (sulfide) groups is 1. The Morgan fingerprint density at radius 1 is 1.69 bits per heavy atom. The first-order chi connectivity index (χ1) is 6.09. The SMILES string of the molecule is CC1CSCC(OC(=O)C(C)O)O1. The highest BCUT2D eigenvalue weighted by molar-refractivity contribution is 7.99. The van der Waals surface area contributed by atoms with Crippen molar-refractivity contribution in [3.05, 3.63) is 0 Å². The van der Waals surface area contributed by atoms with Gasteiger partial charge in [0.2, 0.25) is 6.29 Å². The fraction of sp³-hybridized carbons (Fsp3) is 0.875. The van der Waals surface area contributed by atoms with Gasteiger partial charge < -0.3 is 14.6 Å². The van der Waals surface area contributed by atoms with Crippen LogP contribution < -0.4 is 0 Å². The van der Waals surface area contributed by atoms with Crippen LogP contribution in [0.1, 0.15) is 13.8 Å². The molecule has 4 nitrogen and oxygen atoms in total. The fourth-order valence-electron chi connectivity index (χ4n) is 0.958. The highest BCUT2D eigenvalue weighted by Gasteiger charge is 2.24. The van der Waals surface area contributed by atoms with Gasteiger partial charge in [-0.1, -0.05) is 0 Å². The van der Waals surface area contributed by atoms with Gasteiger partial charge in [0.1, 0.15) is 6.10 Å². The Bertz CT molecular complexity index is 183. The van der Waals surface area contributed by atoms with Crippen LogP contribution in [0.25, 0.3) is 0 Å². The van der Waals surface area contributed by atoms with Gasteiger partial charge in [-0.3, -0.25) is 0 Å². The molecule has 5 heteroatoms. The van der Waals surface area contributed by atoms with Gasteiger partial charge in [-0.05, 0) is 13.8 Å². The molecular formula is C8H14O4S. The van der Waals surface area contributed by atoms with Crippen LogP contribution in [0.4, 0.5) is 0 Å². The Morgan fingerprint density at radius 2 is 2.38 bits per heavy atom. The number of hydrogen-bond donors (Lipinski definition) is 1. The summed E-state index contributed by atoms with van der Waals surface area (Å²) in [5, 5.41) is 8.88. The van der Waals surface area contributed by atoms with Gasteiger partial charge in [0.05, 0.1) is 11.9 Å². The fourth-order valence-corrected chi connectivity index (χ4v) is 1.84. The summed E-state index contributed by atoms with van der Waals surface area (Å²) in [5.41, 5.74) is 0. The number of esters is 1. The van der Waals surface area contributed by atoms with E-state index in [-0.39, 0.29) is 6.10 Å². The van der Waals surface area contributed by atoms with Crippen molar-refractivity contribution in [2.24, 2.45) is 0 Å². The molecule has 3 unspecified atom stereocenters. The number of carbonyl (C=O) groups is 1. The van der Waals surface area contributed by atoms with Gasteiger partial charge >= 0.3 is 5.97 Å². The summed E-state index contributed by atoms with van der Waals surface area (Å²) >= 11 is 1.68. The summed E-state index contributed by atoms with van der Waals surface area (Å²) in [5.74, 6) is 0.936. The second-order valence-corrected chi connectivity index (χ2v) is 4.10. The van der Waals surface area contributed by atoms with E-state index in [2.05, 4.69) is 0 Å². The molecule has 1 saturated heterocycles. The number of rotatable bonds is 2. The van der Waals surface area contributed by atoms with E-state index in [1.807, 2.05) is 6.92 Å². The van der Waals surface area contributed by atoms with Crippen LogP contribution in [0.5, 0.6) is 0 Å². The zero-order valence-electron chi connectivity index (χ0n) is 7.73. The molecule has 0 radical (unpaired) electrons. The summed E-state index contributed by atoms with van der Waals surface area (Å²) in [6, 6.07) is 0. The van der Waals surface area contributed by atoms with Crippen molar-refractivity contribution < 1.29 is 19.4 Å². The maximum Gasteiger partial charge on any atom is 0.336 e. The molecule has 0 aromatic rings. The van der Waals surface area contributed by atoms with Gasteiger partial charge in [0.25, 0.3) is 0 Å². The lowest BCUT2D eigenvalue weighted by Gasteiger charge is -2.27. The Balaban J connectivity index is 2.31. The van der Waals surface area contributed by atoms with Gasteiger partial charge in [-0.2, -0.15) is 11.8 Å². The molecule has 0 aromatic carbocycles. The van der Waals surface area contributed by atoms with Gasteiger partial charge in [-0.15, -0.1) is 0 Å². The first kappa shape index (κ1) is 10.8. The normalized spacial score (nSPS) is 31.0. The molecule has 1 aliphatic rings. The highest BCUT2D eigenvalue weighted by atomic mass is 32.2. The molecular weight excluding hydrogens is 192 g/mol. The maximum absolute atomic E-state index is 11.0. The lowest BCUT2D eigenvalue weighted by Crippen LogP contribution is -2.35. The Morgan fingerprint density at radius 3 is 2.92 bits per heavy atom. The molecule has 1 fully saturated rings.